The van der Waals surface area contributed by atoms with Gasteiger partial charge in [0.25, 0.3) is 0 Å². The first kappa shape index (κ1) is 14.0. The molecule has 0 amide bonds. The lowest BCUT2D eigenvalue weighted by atomic mass is 9.93. The molecular formula is C14H29NO. The lowest BCUT2D eigenvalue weighted by Crippen LogP contribution is -2.39. The molecule has 0 spiro atoms. The van der Waals surface area contributed by atoms with Crippen LogP contribution in [0.15, 0.2) is 0 Å². The number of nitrogens with one attached hydrogen (secondary N) is 1. The van der Waals surface area contributed by atoms with E-state index in [4.69, 9.17) is 5.11 Å². The topological polar surface area (TPSA) is 32.3 Å². The van der Waals surface area contributed by atoms with Crippen molar-refractivity contribution in [1.82, 2.24) is 5.32 Å². The van der Waals surface area contributed by atoms with Gasteiger partial charge in [0.05, 0.1) is 0 Å². The van der Waals surface area contributed by atoms with Crippen molar-refractivity contribution >= 4 is 0 Å². The third kappa shape index (κ3) is 4.84. The first-order valence-corrected chi connectivity index (χ1v) is 7.00. The van der Waals surface area contributed by atoms with Crippen LogP contribution in [0, 0.1) is 11.8 Å². The average molecular weight is 227 g/mol. The Kier molecular flexibility index (Phi) is 6.37. The zero-order valence-corrected chi connectivity index (χ0v) is 11.2. The van der Waals surface area contributed by atoms with Crippen molar-refractivity contribution in [2.75, 3.05) is 6.61 Å². The molecule has 1 aliphatic rings. The summed E-state index contributed by atoms with van der Waals surface area (Å²) in [4.78, 5) is 0. The number of aliphatic hydroxyl groups excluding tert-OH is 1. The average Bonchev–Trinajstić information content (AvgIpc) is 2.62. The van der Waals surface area contributed by atoms with E-state index in [0.29, 0.717) is 18.7 Å². The largest absolute Gasteiger partial charge is 0.396 e. The summed E-state index contributed by atoms with van der Waals surface area (Å²) in [5, 5.41) is 12.6. The molecule has 2 N–H and O–H groups in total. The molecule has 0 aliphatic heterocycles. The summed E-state index contributed by atoms with van der Waals surface area (Å²) in [7, 11) is 0. The van der Waals surface area contributed by atoms with Crippen molar-refractivity contribution < 1.29 is 5.11 Å². The van der Waals surface area contributed by atoms with Gasteiger partial charge in [0.1, 0.15) is 0 Å². The molecule has 3 unspecified atom stereocenters. The molecule has 0 aromatic heterocycles. The number of rotatable bonds is 7. The van der Waals surface area contributed by atoms with Gasteiger partial charge in [-0.15, -0.1) is 0 Å². The van der Waals surface area contributed by atoms with Crippen LogP contribution in [0.25, 0.3) is 0 Å². The minimum absolute atomic E-state index is 0.303. The first-order chi connectivity index (χ1) is 7.63. The Morgan fingerprint density at radius 1 is 1.19 bits per heavy atom. The third-order valence-corrected chi connectivity index (χ3v) is 3.83. The SMILES string of the molecule is CC(C)CCC1CCCC1NC(C)CCO. The number of hydrogen-bond donors (Lipinski definition) is 2. The Bertz CT molecular complexity index is 182. The summed E-state index contributed by atoms with van der Waals surface area (Å²) >= 11 is 0. The van der Waals surface area contributed by atoms with Crippen molar-refractivity contribution in [2.24, 2.45) is 11.8 Å². The van der Waals surface area contributed by atoms with Gasteiger partial charge in [-0.25, -0.2) is 0 Å². The quantitative estimate of drug-likeness (QED) is 0.701. The van der Waals surface area contributed by atoms with Crippen LogP contribution in [-0.2, 0) is 0 Å². The molecule has 0 aromatic rings. The second kappa shape index (κ2) is 7.29. The van der Waals surface area contributed by atoms with Crippen LogP contribution >= 0.6 is 0 Å². The molecule has 0 radical (unpaired) electrons. The van der Waals surface area contributed by atoms with Gasteiger partial charge in [-0.3, -0.25) is 0 Å². The van der Waals surface area contributed by atoms with Gasteiger partial charge in [-0.05, 0) is 44.4 Å². The summed E-state index contributed by atoms with van der Waals surface area (Å²) < 4.78 is 0. The van der Waals surface area contributed by atoms with Gasteiger partial charge in [0.15, 0.2) is 0 Å². The smallest absolute Gasteiger partial charge is 0.0445 e. The molecule has 0 heterocycles. The molecule has 1 aliphatic carbocycles. The fourth-order valence-electron chi connectivity index (χ4n) is 2.79. The standard InChI is InChI=1S/C14H29NO/c1-11(2)7-8-13-5-4-6-14(13)15-12(3)9-10-16/h11-16H,4-10H2,1-3H3. The highest BCUT2D eigenvalue weighted by Crippen LogP contribution is 2.30. The molecular weight excluding hydrogens is 198 g/mol. The zero-order valence-electron chi connectivity index (χ0n) is 11.2. The van der Waals surface area contributed by atoms with Gasteiger partial charge >= 0.3 is 0 Å². The van der Waals surface area contributed by atoms with Gasteiger partial charge in [-0.1, -0.05) is 26.7 Å². The number of hydrogen-bond acceptors (Lipinski definition) is 2. The van der Waals surface area contributed by atoms with Crippen LogP contribution < -0.4 is 5.32 Å². The van der Waals surface area contributed by atoms with Gasteiger partial charge < -0.3 is 10.4 Å². The Hall–Kier alpha value is -0.0800. The van der Waals surface area contributed by atoms with E-state index >= 15 is 0 Å². The molecule has 16 heavy (non-hydrogen) atoms. The van der Waals surface area contributed by atoms with Crippen molar-refractivity contribution in [3.8, 4) is 0 Å². The summed E-state index contributed by atoms with van der Waals surface area (Å²) in [5.41, 5.74) is 0. The van der Waals surface area contributed by atoms with Gasteiger partial charge in [0, 0.05) is 18.7 Å². The lowest BCUT2D eigenvalue weighted by molar-refractivity contribution is 0.252. The van der Waals surface area contributed by atoms with E-state index in [9.17, 15) is 0 Å². The fourth-order valence-corrected chi connectivity index (χ4v) is 2.79. The molecule has 3 atom stereocenters. The maximum absolute atomic E-state index is 8.91. The van der Waals surface area contributed by atoms with E-state index in [2.05, 4.69) is 26.1 Å². The molecule has 1 rings (SSSR count). The van der Waals surface area contributed by atoms with E-state index in [1.165, 1.54) is 32.1 Å². The van der Waals surface area contributed by atoms with E-state index < -0.39 is 0 Å². The summed E-state index contributed by atoms with van der Waals surface area (Å²) in [6.45, 7) is 7.11. The van der Waals surface area contributed by atoms with E-state index in [1.807, 2.05) is 0 Å². The van der Waals surface area contributed by atoms with Crippen LogP contribution in [0.1, 0.15) is 59.3 Å². The molecule has 2 heteroatoms. The second-order valence-corrected chi connectivity index (χ2v) is 5.85. The molecule has 2 nitrogen and oxygen atoms in total. The third-order valence-electron chi connectivity index (χ3n) is 3.83. The maximum atomic E-state index is 8.91. The molecule has 0 bridgehead atoms. The monoisotopic (exact) mass is 227 g/mol. The maximum Gasteiger partial charge on any atom is 0.0445 e. The van der Waals surface area contributed by atoms with E-state index in [1.54, 1.807) is 0 Å². The molecule has 0 saturated heterocycles. The van der Waals surface area contributed by atoms with Crippen LogP contribution in [0.2, 0.25) is 0 Å². The van der Waals surface area contributed by atoms with Crippen molar-refractivity contribution in [3.63, 3.8) is 0 Å². The number of aliphatic hydroxyl groups is 1. The Morgan fingerprint density at radius 3 is 2.56 bits per heavy atom. The zero-order chi connectivity index (χ0) is 12.0. The van der Waals surface area contributed by atoms with Crippen molar-refractivity contribution in [1.29, 1.82) is 0 Å². The van der Waals surface area contributed by atoms with Crippen LogP contribution in [0.3, 0.4) is 0 Å². The molecule has 1 saturated carbocycles. The molecule has 96 valence electrons. The summed E-state index contributed by atoms with van der Waals surface area (Å²) in [6.07, 6.45) is 7.73. The predicted octanol–water partition coefficient (Wildman–Crippen LogP) is 2.95. The lowest BCUT2D eigenvalue weighted by Gasteiger charge is -2.25. The highest BCUT2D eigenvalue weighted by Gasteiger charge is 2.27. The second-order valence-electron chi connectivity index (χ2n) is 5.85. The first-order valence-electron chi connectivity index (χ1n) is 7.00. The Balaban J connectivity index is 2.28. The molecule has 0 aromatic carbocycles. The highest BCUT2D eigenvalue weighted by molar-refractivity contribution is 4.85. The summed E-state index contributed by atoms with van der Waals surface area (Å²) in [6, 6.07) is 1.18. The van der Waals surface area contributed by atoms with E-state index in [-0.39, 0.29) is 0 Å². The van der Waals surface area contributed by atoms with E-state index in [0.717, 1.165) is 18.3 Å². The molecule has 1 fully saturated rings. The van der Waals surface area contributed by atoms with Crippen molar-refractivity contribution in [2.45, 2.75) is 71.4 Å². The Labute approximate surface area is 101 Å². The van der Waals surface area contributed by atoms with Gasteiger partial charge in [-0.2, -0.15) is 0 Å². The highest BCUT2D eigenvalue weighted by atomic mass is 16.3. The van der Waals surface area contributed by atoms with Crippen LogP contribution in [0.4, 0.5) is 0 Å². The summed E-state index contributed by atoms with van der Waals surface area (Å²) in [5.74, 6) is 1.71. The minimum atomic E-state index is 0.303. The predicted molar refractivity (Wildman–Crippen MR) is 69.5 cm³/mol. The van der Waals surface area contributed by atoms with Crippen LogP contribution in [0.5, 0.6) is 0 Å². The fraction of sp³-hybridized carbons (Fsp3) is 1.00. The Morgan fingerprint density at radius 2 is 1.94 bits per heavy atom. The van der Waals surface area contributed by atoms with Gasteiger partial charge in [0.2, 0.25) is 0 Å². The minimum Gasteiger partial charge on any atom is -0.396 e. The van der Waals surface area contributed by atoms with Crippen molar-refractivity contribution in [3.05, 3.63) is 0 Å². The van der Waals surface area contributed by atoms with Crippen LogP contribution in [-0.4, -0.2) is 23.8 Å². The normalized spacial score (nSPS) is 27.6.